The van der Waals surface area contributed by atoms with Gasteiger partial charge in [-0.2, -0.15) is 0 Å². The second-order valence-electron chi connectivity index (χ2n) is 2.53. The first kappa shape index (κ1) is 11.6. The Kier molecular flexibility index (Phi) is 5.54. The van der Waals surface area contributed by atoms with Crippen molar-refractivity contribution in [2.24, 2.45) is 11.5 Å². The highest BCUT2D eigenvalue weighted by Crippen LogP contribution is 1.96. The van der Waals surface area contributed by atoms with Crippen LogP contribution in [0.25, 0.3) is 0 Å². The van der Waals surface area contributed by atoms with Gasteiger partial charge in [-0.05, 0) is 6.42 Å². The summed E-state index contributed by atoms with van der Waals surface area (Å²) in [7, 11) is 0. The molecule has 0 rings (SSSR count). The van der Waals surface area contributed by atoms with Crippen LogP contribution in [0.15, 0.2) is 12.7 Å². The number of carbonyl (C=O) groups is 2. The predicted molar refractivity (Wildman–Crippen MR) is 47.6 cm³/mol. The van der Waals surface area contributed by atoms with Gasteiger partial charge in [-0.1, -0.05) is 12.7 Å². The molecule has 0 bridgehead atoms. The van der Waals surface area contributed by atoms with Crippen LogP contribution in [0.4, 0.5) is 0 Å². The van der Waals surface area contributed by atoms with Crippen molar-refractivity contribution in [3.8, 4) is 0 Å². The van der Waals surface area contributed by atoms with Crippen LogP contribution in [-0.2, 0) is 14.3 Å². The third-order valence-electron chi connectivity index (χ3n) is 1.35. The molecule has 0 aromatic rings. The Morgan fingerprint density at radius 1 is 1.54 bits per heavy atom. The molecule has 0 saturated carbocycles. The number of primary amides is 1. The first-order valence-electron chi connectivity index (χ1n) is 3.89. The van der Waals surface area contributed by atoms with Gasteiger partial charge in [0.25, 0.3) is 0 Å². The molecule has 0 fully saturated rings. The fraction of sp³-hybridized carbons (Fsp3) is 0.500. The second-order valence-corrected chi connectivity index (χ2v) is 2.53. The van der Waals surface area contributed by atoms with Gasteiger partial charge in [0.1, 0.15) is 12.6 Å². The molecule has 0 radical (unpaired) electrons. The van der Waals surface area contributed by atoms with Gasteiger partial charge in [-0.3, -0.25) is 9.59 Å². The minimum atomic E-state index is -0.785. The third kappa shape index (κ3) is 5.86. The molecule has 0 unspecified atom stereocenters. The average Bonchev–Trinajstić information content (AvgIpc) is 2.10. The molecule has 13 heavy (non-hydrogen) atoms. The maximum atomic E-state index is 11.0. The van der Waals surface area contributed by atoms with E-state index in [1.807, 2.05) is 0 Å². The van der Waals surface area contributed by atoms with Crippen molar-refractivity contribution < 1.29 is 14.3 Å². The van der Waals surface area contributed by atoms with Gasteiger partial charge in [0.15, 0.2) is 0 Å². The van der Waals surface area contributed by atoms with E-state index in [-0.39, 0.29) is 19.4 Å². The van der Waals surface area contributed by atoms with Crippen molar-refractivity contribution in [1.82, 2.24) is 0 Å². The highest BCUT2D eigenvalue weighted by molar-refractivity contribution is 5.78. The molecule has 0 spiro atoms. The Bertz CT molecular complexity index is 204. The first-order valence-corrected chi connectivity index (χ1v) is 3.89. The van der Waals surface area contributed by atoms with Crippen LogP contribution in [0.2, 0.25) is 0 Å². The largest absolute Gasteiger partial charge is 0.460 e. The van der Waals surface area contributed by atoms with E-state index in [0.717, 1.165) is 0 Å². The van der Waals surface area contributed by atoms with Crippen molar-refractivity contribution in [2.75, 3.05) is 6.61 Å². The lowest BCUT2D eigenvalue weighted by atomic mass is 10.1. The first-order chi connectivity index (χ1) is 6.07. The van der Waals surface area contributed by atoms with E-state index < -0.39 is 17.9 Å². The van der Waals surface area contributed by atoms with Crippen LogP contribution < -0.4 is 11.5 Å². The zero-order chi connectivity index (χ0) is 10.3. The van der Waals surface area contributed by atoms with Crippen molar-refractivity contribution >= 4 is 11.9 Å². The van der Waals surface area contributed by atoms with Gasteiger partial charge in [-0.15, -0.1) is 0 Å². The Labute approximate surface area is 76.7 Å². The number of ether oxygens (including phenoxy) is 1. The van der Waals surface area contributed by atoms with E-state index >= 15 is 0 Å². The molecule has 0 aliphatic carbocycles. The second kappa shape index (κ2) is 6.19. The Morgan fingerprint density at radius 2 is 2.15 bits per heavy atom. The third-order valence-corrected chi connectivity index (χ3v) is 1.35. The molecule has 74 valence electrons. The molecule has 0 aromatic carbocycles. The standard InChI is InChI=1S/C8H14N2O3/c1-2-5-13-8(12)6(9)3-4-7(10)11/h2,6H,1,3-5,9H2,(H2,10,11)/t6-/m0/s1. The quantitative estimate of drug-likeness (QED) is 0.424. The van der Waals surface area contributed by atoms with Gasteiger partial charge in [0, 0.05) is 6.42 Å². The minimum Gasteiger partial charge on any atom is -0.460 e. The monoisotopic (exact) mass is 186 g/mol. The Balaban J connectivity index is 3.68. The number of hydrogen-bond acceptors (Lipinski definition) is 4. The summed E-state index contributed by atoms with van der Waals surface area (Å²) >= 11 is 0. The van der Waals surface area contributed by atoms with Crippen molar-refractivity contribution in [1.29, 1.82) is 0 Å². The van der Waals surface area contributed by atoms with Gasteiger partial charge >= 0.3 is 5.97 Å². The smallest absolute Gasteiger partial charge is 0.323 e. The van der Waals surface area contributed by atoms with Crippen molar-refractivity contribution in [2.45, 2.75) is 18.9 Å². The SMILES string of the molecule is C=CCOC(=O)[C@@H](N)CCC(N)=O. The zero-order valence-corrected chi connectivity index (χ0v) is 7.36. The van der Waals surface area contributed by atoms with Crippen LogP contribution in [0, 0.1) is 0 Å². The van der Waals surface area contributed by atoms with E-state index in [2.05, 4.69) is 11.3 Å². The number of esters is 1. The number of nitrogens with two attached hydrogens (primary N) is 2. The average molecular weight is 186 g/mol. The molecule has 5 nitrogen and oxygen atoms in total. The fourth-order valence-corrected chi connectivity index (χ4v) is 0.664. The summed E-state index contributed by atoms with van der Waals surface area (Å²) < 4.78 is 4.65. The van der Waals surface area contributed by atoms with E-state index in [4.69, 9.17) is 11.5 Å². The molecule has 1 atom stereocenters. The molecule has 0 heterocycles. The molecular weight excluding hydrogens is 172 g/mol. The van der Waals surface area contributed by atoms with Crippen molar-refractivity contribution in [3.05, 3.63) is 12.7 Å². The maximum Gasteiger partial charge on any atom is 0.323 e. The normalized spacial score (nSPS) is 11.8. The van der Waals surface area contributed by atoms with E-state index in [1.165, 1.54) is 6.08 Å². The minimum absolute atomic E-state index is 0.0877. The van der Waals surface area contributed by atoms with E-state index in [9.17, 15) is 9.59 Å². The van der Waals surface area contributed by atoms with Crippen LogP contribution in [0.5, 0.6) is 0 Å². The Hall–Kier alpha value is -1.36. The lowest BCUT2D eigenvalue weighted by molar-refractivity contribution is -0.144. The molecule has 0 aliphatic rings. The number of amides is 1. The van der Waals surface area contributed by atoms with Gasteiger partial charge in [-0.25, -0.2) is 0 Å². The summed E-state index contributed by atoms with van der Waals surface area (Å²) in [6, 6.07) is -0.785. The summed E-state index contributed by atoms with van der Waals surface area (Å²) in [5.74, 6) is -1.02. The van der Waals surface area contributed by atoms with Gasteiger partial charge < -0.3 is 16.2 Å². The van der Waals surface area contributed by atoms with Crippen LogP contribution in [-0.4, -0.2) is 24.5 Å². The molecule has 0 aliphatic heterocycles. The molecule has 1 amide bonds. The van der Waals surface area contributed by atoms with Crippen LogP contribution in [0.1, 0.15) is 12.8 Å². The summed E-state index contributed by atoms with van der Waals surface area (Å²) in [4.78, 5) is 21.3. The van der Waals surface area contributed by atoms with E-state index in [1.54, 1.807) is 0 Å². The zero-order valence-electron chi connectivity index (χ0n) is 7.36. The molecule has 0 aromatic heterocycles. The summed E-state index contributed by atoms with van der Waals surface area (Å²) in [5, 5.41) is 0. The summed E-state index contributed by atoms with van der Waals surface area (Å²) in [5.41, 5.74) is 10.3. The fourth-order valence-electron chi connectivity index (χ4n) is 0.664. The van der Waals surface area contributed by atoms with Gasteiger partial charge in [0.2, 0.25) is 5.91 Å². The highest BCUT2D eigenvalue weighted by atomic mass is 16.5. The number of carbonyl (C=O) groups excluding carboxylic acids is 2. The van der Waals surface area contributed by atoms with Gasteiger partial charge in [0.05, 0.1) is 0 Å². The molecule has 4 N–H and O–H groups in total. The summed E-state index contributed by atoms with van der Waals surface area (Å²) in [6.07, 6.45) is 1.74. The molecule has 0 saturated heterocycles. The molecule has 5 heteroatoms. The number of rotatable bonds is 6. The van der Waals surface area contributed by atoms with Crippen molar-refractivity contribution in [3.63, 3.8) is 0 Å². The number of hydrogen-bond donors (Lipinski definition) is 2. The lowest BCUT2D eigenvalue weighted by Crippen LogP contribution is -2.33. The summed E-state index contributed by atoms with van der Waals surface area (Å²) in [6.45, 7) is 3.50. The molecular formula is C8H14N2O3. The Morgan fingerprint density at radius 3 is 2.62 bits per heavy atom. The van der Waals surface area contributed by atoms with Crippen LogP contribution in [0.3, 0.4) is 0 Å². The van der Waals surface area contributed by atoms with Crippen LogP contribution >= 0.6 is 0 Å². The predicted octanol–water partition coefficient (Wildman–Crippen LogP) is -0.692. The lowest BCUT2D eigenvalue weighted by Gasteiger charge is -2.08. The highest BCUT2D eigenvalue weighted by Gasteiger charge is 2.14. The maximum absolute atomic E-state index is 11.0. The topological polar surface area (TPSA) is 95.4 Å². The van der Waals surface area contributed by atoms with E-state index in [0.29, 0.717) is 0 Å².